The predicted molar refractivity (Wildman–Crippen MR) is 72.9 cm³/mol. The average molecular weight is 246 g/mol. The third-order valence-corrected chi connectivity index (χ3v) is 2.60. The number of pyridine rings is 1. The van der Waals surface area contributed by atoms with Crippen molar-refractivity contribution in [3.05, 3.63) is 18.3 Å². The summed E-state index contributed by atoms with van der Waals surface area (Å²) in [6, 6.07) is 3.94. The van der Waals surface area contributed by atoms with Gasteiger partial charge in [-0.2, -0.15) is 4.98 Å². The molecule has 0 unspecified atom stereocenters. The molecule has 2 heterocycles. The minimum Gasteiger partial charge on any atom is -0.363 e. The lowest BCUT2D eigenvalue weighted by molar-refractivity contribution is 0.753. The van der Waals surface area contributed by atoms with E-state index in [1.807, 2.05) is 57.2 Å². The molecule has 0 radical (unpaired) electrons. The molecule has 0 N–H and O–H groups in total. The Balaban J connectivity index is 2.34. The fraction of sp³-hybridized carbons (Fsp3) is 0.417. The Hall–Kier alpha value is -2.11. The normalized spacial score (nSPS) is 10.5. The summed E-state index contributed by atoms with van der Waals surface area (Å²) in [7, 11) is 9.70. The highest BCUT2D eigenvalue weighted by molar-refractivity contribution is 5.57. The van der Waals surface area contributed by atoms with E-state index in [2.05, 4.69) is 15.1 Å². The zero-order valence-corrected chi connectivity index (χ0v) is 11.4. The summed E-state index contributed by atoms with van der Waals surface area (Å²) in [5.41, 5.74) is 0.921. The van der Waals surface area contributed by atoms with Gasteiger partial charge in [0.2, 0.25) is 5.95 Å². The van der Waals surface area contributed by atoms with Gasteiger partial charge >= 0.3 is 0 Å². The molecule has 0 atom stereocenters. The van der Waals surface area contributed by atoms with Crippen molar-refractivity contribution in [2.45, 2.75) is 0 Å². The molecule has 0 saturated carbocycles. The van der Waals surface area contributed by atoms with E-state index in [1.165, 1.54) is 0 Å². The summed E-state index contributed by atoms with van der Waals surface area (Å²) in [4.78, 5) is 12.7. The fourth-order valence-corrected chi connectivity index (χ4v) is 1.67. The molecule has 18 heavy (non-hydrogen) atoms. The number of aromatic nitrogens is 4. The molecule has 0 spiro atoms. The van der Waals surface area contributed by atoms with Gasteiger partial charge in [-0.3, -0.25) is 0 Å². The standard InChI is InChI=1S/C12H18N6/c1-16(2)10-7-6-9(8-13-10)11-14-12(17(3)4)18(5)15-11/h6-8H,1-5H3. The van der Waals surface area contributed by atoms with Crippen LogP contribution in [-0.2, 0) is 7.05 Å². The van der Waals surface area contributed by atoms with Crippen molar-refractivity contribution in [3.63, 3.8) is 0 Å². The second-order valence-electron chi connectivity index (χ2n) is 4.55. The quantitative estimate of drug-likeness (QED) is 0.809. The summed E-state index contributed by atoms with van der Waals surface area (Å²) in [6.07, 6.45) is 1.80. The number of hydrogen-bond donors (Lipinski definition) is 0. The van der Waals surface area contributed by atoms with E-state index in [9.17, 15) is 0 Å². The summed E-state index contributed by atoms with van der Waals surface area (Å²) in [6.45, 7) is 0. The van der Waals surface area contributed by atoms with Gasteiger partial charge in [0.05, 0.1) is 0 Å². The van der Waals surface area contributed by atoms with Crippen molar-refractivity contribution in [1.29, 1.82) is 0 Å². The molecule has 6 nitrogen and oxygen atoms in total. The lowest BCUT2D eigenvalue weighted by Crippen LogP contribution is -2.14. The van der Waals surface area contributed by atoms with Gasteiger partial charge < -0.3 is 9.80 Å². The lowest BCUT2D eigenvalue weighted by atomic mass is 10.2. The van der Waals surface area contributed by atoms with Gasteiger partial charge in [-0.15, -0.1) is 5.10 Å². The molecule has 0 amide bonds. The van der Waals surface area contributed by atoms with E-state index in [1.54, 1.807) is 10.9 Å². The van der Waals surface area contributed by atoms with Crippen LogP contribution in [0, 0.1) is 0 Å². The highest BCUT2D eigenvalue weighted by Gasteiger charge is 2.11. The first-order valence-electron chi connectivity index (χ1n) is 5.71. The number of nitrogens with zero attached hydrogens (tertiary/aromatic N) is 6. The first-order chi connectivity index (χ1) is 8.49. The summed E-state index contributed by atoms with van der Waals surface area (Å²) < 4.78 is 1.76. The van der Waals surface area contributed by atoms with Gasteiger partial charge in [0.25, 0.3) is 0 Å². The van der Waals surface area contributed by atoms with Crippen LogP contribution < -0.4 is 9.80 Å². The van der Waals surface area contributed by atoms with Crippen LogP contribution in [0.4, 0.5) is 11.8 Å². The fourth-order valence-electron chi connectivity index (χ4n) is 1.67. The minimum atomic E-state index is 0.694. The zero-order chi connectivity index (χ0) is 13.3. The van der Waals surface area contributed by atoms with Crippen molar-refractivity contribution in [1.82, 2.24) is 19.7 Å². The Bertz CT molecular complexity index is 526. The highest BCUT2D eigenvalue weighted by atomic mass is 15.4. The second-order valence-corrected chi connectivity index (χ2v) is 4.55. The van der Waals surface area contributed by atoms with Gasteiger partial charge in [0.1, 0.15) is 5.82 Å². The van der Waals surface area contributed by atoms with Crippen LogP contribution in [0.25, 0.3) is 11.4 Å². The van der Waals surface area contributed by atoms with Crippen LogP contribution in [0.1, 0.15) is 0 Å². The lowest BCUT2D eigenvalue weighted by Gasteiger charge is -2.10. The Morgan fingerprint density at radius 3 is 2.22 bits per heavy atom. The summed E-state index contributed by atoms with van der Waals surface area (Å²) >= 11 is 0. The molecule has 2 aromatic heterocycles. The number of hydrogen-bond acceptors (Lipinski definition) is 5. The van der Waals surface area contributed by atoms with Crippen LogP contribution in [0.2, 0.25) is 0 Å². The Morgan fingerprint density at radius 1 is 1.06 bits per heavy atom. The molecule has 0 saturated heterocycles. The van der Waals surface area contributed by atoms with E-state index in [4.69, 9.17) is 0 Å². The van der Waals surface area contributed by atoms with Crippen molar-refractivity contribution >= 4 is 11.8 Å². The molecule has 6 heteroatoms. The maximum absolute atomic E-state index is 4.48. The van der Waals surface area contributed by atoms with Crippen LogP contribution >= 0.6 is 0 Å². The van der Waals surface area contributed by atoms with E-state index in [0.717, 1.165) is 17.3 Å². The smallest absolute Gasteiger partial charge is 0.223 e. The van der Waals surface area contributed by atoms with Gasteiger partial charge in [0, 0.05) is 47.0 Å². The predicted octanol–water partition coefficient (Wildman–Crippen LogP) is 1.01. The molecule has 0 bridgehead atoms. The SMILES string of the molecule is CN(C)c1ccc(-c2nc(N(C)C)n(C)n2)cn1. The van der Waals surface area contributed by atoms with E-state index >= 15 is 0 Å². The third kappa shape index (κ3) is 2.27. The first-order valence-corrected chi connectivity index (χ1v) is 5.71. The van der Waals surface area contributed by atoms with Crippen LogP contribution in [-0.4, -0.2) is 47.9 Å². The molecule has 0 fully saturated rings. The summed E-state index contributed by atoms with van der Waals surface area (Å²) in [5.74, 6) is 2.43. The second kappa shape index (κ2) is 4.64. The maximum Gasteiger partial charge on any atom is 0.223 e. The first kappa shape index (κ1) is 12.3. The van der Waals surface area contributed by atoms with Crippen molar-refractivity contribution in [3.8, 4) is 11.4 Å². The van der Waals surface area contributed by atoms with E-state index in [0.29, 0.717) is 5.82 Å². The summed E-state index contributed by atoms with van der Waals surface area (Å²) in [5, 5.41) is 4.39. The molecule has 96 valence electrons. The topological polar surface area (TPSA) is 50.1 Å². The Morgan fingerprint density at radius 2 is 1.78 bits per heavy atom. The molecule has 0 aliphatic rings. The molecule has 2 aromatic rings. The molecular weight excluding hydrogens is 228 g/mol. The van der Waals surface area contributed by atoms with Crippen LogP contribution in [0.5, 0.6) is 0 Å². The monoisotopic (exact) mass is 246 g/mol. The van der Waals surface area contributed by atoms with Crippen molar-refractivity contribution in [2.75, 3.05) is 38.0 Å². The molecule has 2 rings (SSSR count). The highest BCUT2D eigenvalue weighted by Crippen LogP contribution is 2.19. The number of anilines is 2. The van der Waals surface area contributed by atoms with E-state index in [-0.39, 0.29) is 0 Å². The molecule has 0 aliphatic carbocycles. The minimum absolute atomic E-state index is 0.694. The molecular formula is C12H18N6. The van der Waals surface area contributed by atoms with Gasteiger partial charge in [-0.1, -0.05) is 0 Å². The maximum atomic E-state index is 4.48. The Labute approximate surface area is 107 Å². The van der Waals surface area contributed by atoms with E-state index < -0.39 is 0 Å². The average Bonchev–Trinajstić information content (AvgIpc) is 2.71. The third-order valence-electron chi connectivity index (χ3n) is 2.60. The van der Waals surface area contributed by atoms with Crippen LogP contribution in [0.3, 0.4) is 0 Å². The van der Waals surface area contributed by atoms with Gasteiger partial charge in [-0.25, -0.2) is 9.67 Å². The van der Waals surface area contributed by atoms with Crippen LogP contribution in [0.15, 0.2) is 18.3 Å². The number of aryl methyl sites for hydroxylation is 1. The number of rotatable bonds is 3. The molecule has 0 aliphatic heterocycles. The van der Waals surface area contributed by atoms with Crippen molar-refractivity contribution < 1.29 is 0 Å². The van der Waals surface area contributed by atoms with Crippen molar-refractivity contribution in [2.24, 2.45) is 7.05 Å². The Kier molecular flexibility index (Phi) is 3.18. The largest absolute Gasteiger partial charge is 0.363 e. The van der Waals surface area contributed by atoms with Gasteiger partial charge in [0.15, 0.2) is 5.82 Å². The molecule has 0 aromatic carbocycles. The zero-order valence-electron chi connectivity index (χ0n) is 11.4. The van der Waals surface area contributed by atoms with Gasteiger partial charge in [-0.05, 0) is 12.1 Å².